The molecule has 2 saturated carbocycles. The maximum absolute atomic E-state index is 12.0. The van der Waals surface area contributed by atoms with Crippen LogP contribution in [0.2, 0.25) is 0 Å². The van der Waals surface area contributed by atoms with E-state index in [4.69, 9.17) is 0 Å². The van der Waals surface area contributed by atoms with Crippen LogP contribution in [-0.4, -0.2) is 21.9 Å². The molecule has 0 saturated heterocycles. The van der Waals surface area contributed by atoms with Crippen LogP contribution >= 0.6 is 23.1 Å². The fourth-order valence-corrected chi connectivity index (χ4v) is 4.10. The highest BCUT2D eigenvalue weighted by Gasteiger charge is 2.48. The number of fused-ring (bicyclic) bond motifs is 1. The van der Waals surface area contributed by atoms with Crippen molar-refractivity contribution in [3.63, 3.8) is 0 Å². The van der Waals surface area contributed by atoms with Crippen LogP contribution in [0.25, 0.3) is 0 Å². The van der Waals surface area contributed by atoms with Gasteiger partial charge in [-0.25, -0.2) is 0 Å². The molecule has 2 atom stereocenters. The quantitative estimate of drug-likeness (QED) is 0.512. The maximum atomic E-state index is 12.0. The summed E-state index contributed by atoms with van der Waals surface area (Å²) >= 11 is 3.02. The fourth-order valence-electron chi connectivity index (χ4n) is 2.59. The van der Waals surface area contributed by atoms with Gasteiger partial charge in [-0.2, -0.15) is 0 Å². The predicted octanol–water partition coefficient (Wildman–Crippen LogP) is 2.80. The Bertz CT molecular complexity index is 464. The molecule has 0 bridgehead atoms. The first kappa shape index (κ1) is 12.2. The predicted molar refractivity (Wildman–Crippen MR) is 73.8 cm³/mol. The number of carbonyl (C=O) groups excluding carboxylic acids is 1. The van der Waals surface area contributed by atoms with Gasteiger partial charge in [-0.1, -0.05) is 29.2 Å². The minimum Gasteiger partial charge on any atom is -0.300 e. The summed E-state index contributed by atoms with van der Waals surface area (Å²) in [5.74, 6) is 2.79. The van der Waals surface area contributed by atoms with Gasteiger partial charge in [-0.05, 0) is 31.1 Å². The molecule has 1 aromatic heterocycles. The highest BCUT2D eigenvalue weighted by molar-refractivity contribution is 8.01. The molecule has 6 heteroatoms. The van der Waals surface area contributed by atoms with E-state index in [2.05, 4.69) is 22.1 Å². The molecular weight excluding hydrogens is 266 g/mol. The van der Waals surface area contributed by atoms with Crippen molar-refractivity contribution in [2.75, 3.05) is 11.1 Å². The highest BCUT2D eigenvalue weighted by Crippen LogP contribution is 2.54. The maximum Gasteiger partial charge on any atom is 0.229 e. The van der Waals surface area contributed by atoms with Crippen LogP contribution in [0.1, 0.15) is 19.3 Å². The lowest BCUT2D eigenvalue weighted by Gasteiger charge is -2.09. The standard InChI is InChI=1S/C12H15N3OS2/c1-2-3-17-12-15-14-11(18-12)13-10(16)9-5-7-4-8(7)6-9/h2,7-9H,1,3-6H2,(H,13,14,16). The Hall–Kier alpha value is -0.880. The average molecular weight is 281 g/mol. The van der Waals surface area contributed by atoms with E-state index in [9.17, 15) is 4.79 Å². The summed E-state index contributed by atoms with van der Waals surface area (Å²) in [6.07, 6.45) is 5.29. The molecule has 2 unspecified atom stereocenters. The average Bonchev–Trinajstić information content (AvgIpc) is 2.79. The Balaban J connectivity index is 1.53. The molecule has 1 amide bonds. The molecule has 3 rings (SSSR count). The van der Waals surface area contributed by atoms with Crippen LogP contribution in [0.5, 0.6) is 0 Å². The van der Waals surface area contributed by atoms with E-state index in [1.807, 2.05) is 6.08 Å². The second-order valence-corrected chi connectivity index (χ2v) is 7.13. The van der Waals surface area contributed by atoms with Gasteiger partial charge >= 0.3 is 0 Å². The first-order valence-electron chi connectivity index (χ1n) is 6.14. The first-order valence-corrected chi connectivity index (χ1v) is 7.94. The lowest BCUT2D eigenvalue weighted by atomic mass is 10.0. The third-order valence-corrected chi connectivity index (χ3v) is 5.54. The van der Waals surface area contributed by atoms with Gasteiger partial charge in [0, 0.05) is 11.7 Å². The van der Waals surface area contributed by atoms with Gasteiger partial charge in [-0.3, -0.25) is 4.79 Å². The number of hydrogen-bond donors (Lipinski definition) is 1. The summed E-state index contributed by atoms with van der Waals surface area (Å²) < 4.78 is 0.875. The normalized spacial score (nSPS) is 28.8. The Morgan fingerprint density at radius 1 is 1.44 bits per heavy atom. The summed E-state index contributed by atoms with van der Waals surface area (Å²) in [4.78, 5) is 12.0. The number of nitrogens with zero attached hydrogens (tertiary/aromatic N) is 2. The number of anilines is 1. The van der Waals surface area contributed by atoms with Crippen molar-refractivity contribution < 1.29 is 4.79 Å². The van der Waals surface area contributed by atoms with Crippen LogP contribution in [0.15, 0.2) is 17.0 Å². The Morgan fingerprint density at radius 3 is 2.94 bits per heavy atom. The Labute approximate surface area is 114 Å². The van der Waals surface area contributed by atoms with E-state index < -0.39 is 0 Å². The lowest BCUT2D eigenvalue weighted by molar-refractivity contribution is -0.120. The van der Waals surface area contributed by atoms with Gasteiger partial charge in [-0.15, -0.1) is 16.8 Å². The minimum absolute atomic E-state index is 0.124. The molecule has 96 valence electrons. The molecule has 0 radical (unpaired) electrons. The number of thioether (sulfide) groups is 1. The van der Waals surface area contributed by atoms with E-state index in [0.717, 1.165) is 34.8 Å². The number of rotatable bonds is 5. The van der Waals surface area contributed by atoms with Crippen LogP contribution in [0.4, 0.5) is 5.13 Å². The summed E-state index contributed by atoms with van der Waals surface area (Å²) in [7, 11) is 0. The number of amides is 1. The van der Waals surface area contributed by atoms with Gasteiger partial charge < -0.3 is 5.32 Å². The zero-order valence-electron chi connectivity index (χ0n) is 9.96. The third-order valence-electron chi connectivity index (χ3n) is 3.58. The Morgan fingerprint density at radius 2 is 2.22 bits per heavy atom. The third kappa shape index (κ3) is 2.59. The molecule has 1 aromatic rings. The van der Waals surface area contributed by atoms with Crippen LogP contribution in [0, 0.1) is 17.8 Å². The van der Waals surface area contributed by atoms with E-state index in [-0.39, 0.29) is 11.8 Å². The van der Waals surface area contributed by atoms with E-state index >= 15 is 0 Å². The minimum atomic E-state index is 0.124. The summed E-state index contributed by atoms with van der Waals surface area (Å²) in [5.41, 5.74) is 0. The number of nitrogens with one attached hydrogen (secondary N) is 1. The molecule has 1 N–H and O–H groups in total. The first-order chi connectivity index (χ1) is 8.76. The van der Waals surface area contributed by atoms with Crippen molar-refractivity contribution in [1.29, 1.82) is 0 Å². The molecule has 0 aliphatic heterocycles. The van der Waals surface area contributed by atoms with E-state index in [0.29, 0.717) is 5.13 Å². The highest BCUT2D eigenvalue weighted by atomic mass is 32.2. The SMILES string of the molecule is C=CCSc1nnc(NC(=O)C2CC3CC3C2)s1. The largest absolute Gasteiger partial charge is 0.300 e. The lowest BCUT2D eigenvalue weighted by Crippen LogP contribution is -2.21. The number of aromatic nitrogens is 2. The topological polar surface area (TPSA) is 54.9 Å². The number of hydrogen-bond acceptors (Lipinski definition) is 5. The Kier molecular flexibility index (Phi) is 3.39. The second kappa shape index (κ2) is 5.01. The van der Waals surface area contributed by atoms with Gasteiger partial charge in [0.15, 0.2) is 4.34 Å². The van der Waals surface area contributed by atoms with Gasteiger partial charge in [0.1, 0.15) is 0 Å². The smallest absolute Gasteiger partial charge is 0.229 e. The summed E-state index contributed by atoms with van der Waals surface area (Å²) in [6.45, 7) is 3.66. The van der Waals surface area contributed by atoms with E-state index in [1.165, 1.54) is 17.8 Å². The van der Waals surface area contributed by atoms with Crippen LogP contribution < -0.4 is 5.32 Å². The van der Waals surface area contributed by atoms with Crippen molar-refractivity contribution in [2.24, 2.45) is 17.8 Å². The molecule has 2 aliphatic carbocycles. The van der Waals surface area contributed by atoms with Gasteiger partial charge in [0.05, 0.1) is 0 Å². The fraction of sp³-hybridized carbons (Fsp3) is 0.583. The molecule has 18 heavy (non-hydrogen) atoms. The van der Waals surface area contributed by atoms with Crippen molar-refractivity contribution in [3.05, 3.63) is 12.7 Å². The van der Waals surface area contributed by atoms with Crippen molar-refractivity contribution >= 4 is 34.1 Å². The van der Waals surface area contributed by atoms with Crippen molar-refractivity contribution in [3.8, 4) is 0 Å². The zero-order valence-corrected chi connectivity index (χ0v) is 11.6. The van der Waals surface area contributed by atoms with Gasteiger partial charge in [0.2, 0.25) is 11.0 Å². The zero-order chi connectivity index (χ0) is 12.5. The second-order valence-electron chi connectivity index (χ2n) is 4.89. The monoisotopic (exact) mass is 281 g/mol. The number of carbonyl (C=O) groups is 1. The van der Waals surface area contributed by atoms with Crippen molar-refractivity contribution in [1.82, 2.24) is 10.2 Å². The molecule has 4 nitrogen and oxygen atoms in total. The van der Waals surface area contributed by atoms with Crippen LogP contribution in [0.3, 0.4) is 0 Å². The van der Waals surface area contributed by atoms with Gasteiger partial charge in [0.25, 0.3) is 0 Å². The van der Waals surface area contributed by atoms with Crippen molar-refractivity contribution in [2.45, 2.75) is 23.6 Å². The molecule has 2 aliphatic rings. The summed E-state index contributed by atoms with van der Waals surface area (Å²) in [5, 5.41) is 11.5. The molecular formula is C12H15N3OS2. The summed E-state index contributed by atoms with van der Waals surface area (Å²) in [6, 6.07) is 0. The molecule has 2 fully saturated rings. The molecule has 0 spiro atoms. The van der Waals surface area contributed by atoms with Crippen LogP contribution in [-0.2, 0) is 4.79 Å². The van der Waals surface area contributed by atoms with E-state index in [1.54, 1.807) is 11.8 Å². The molecule has 0 aromatic carbocycles. The molecule has 1 heterocycles.